The molecule has 0 saturated carbocycles. The third-order valence-electron chi connectivity index (χ3n) is 3.99. The molecule has 1 atom stereocenters. The predicted molar refractivity (Wildman–Crippen MR) is 73.1 cm³/mol. The van der Waals surface area contributed by atoms with Crippen LogP contribution in [0.4, 0.5) is 0 Å². The number of hydrogen-bond donors (Lipinski definition) is 1. The summed E-state index contributed by atoms with van der Waals surface area (Å²) in [5, 5.41) is 3.34. The molecule has 0 aromatic carbocycles. The lowest BCUT2D eigenvalue weighted by atomic mass is 10.0. The summed E-state index contributed by atoms with van der Waals surface area (Å²) in [7, 11) is -3.03. The molecule has 2 rings (SSSR count). The lowest BCUT2D eigenvalue weighted by Gasteiger charge is -2.35. The summed E-state index contributed by atoms with van der Waals surface area (Å²) < 4.78 is 25.2. The van der Waals surface area contributed by atoms with Crippen molar-refractivity contribution >= 4 is 10.0 Å². The quantitative estimate of drug-likeness (QED) is 0.790. The highest BCUT2D eigenvalue weighted by Crippen LogP contribution is 2.22. The molecule has 2 heterocycles. The Hall–Kier alpha value is -0.170. The van der Waals surface area contributed by atoms with Crippen LogP contribution < -0.4 is 5.32 Å². The van der Waals surface area contributed by atoms with Crippen molar-refractivity contribution in [1.82, 2.24) is 14.5 Å². The minimum absolute atomic E-state index is 0.226. The molecule has 2 aliphatic rings. The molecule has 18 heavy (non-hydrogen) atoms. The predicted octanol–water partition coefficient (Wildman–Crippen LogP) is 0.0958. The summed E-state index contributed by atoms with van der Waals surface area (Å²) in [4.78, 5) is 2.44. The Kier molecular flexibility index (Phi) is 5.00. The van der Waals surface area contributed by atoms with Gasteiger partial charge in [0, 0.05) is 38.8 Å². The Morgan fingerprint density at radius 2 is 1.89 bits per heavy atom. The van der Waals surface area contributed by atoms with Gasteiger partial charge in [0.2, 0.25) is 10.0 Å². The molecular weight excluding hydrogens is 250 g/mol. The Morgan fingerprint density at radius 1 is 1.17 bits per heavy atom. The van der Waals surface area contributed by atoms with E-state index in [4.69, 9.17) is 0 Å². The van der Waals surface area contributed by atoms with E-state index in [1.165, 1.54) is 6.26 Å². The molecule has 0 radical (unpaired) electrons. The van der Waals surface area contributed by atoms with Crippen LogP contribution in [0.5, 0.6) is 0 Å². The van der Waals surface area contributed by atoms with Crippen molar-refractivity contribution in [1.29, 1.82) is 0 Å². The van der Waals surface area contributed by atoms with Gasteiger partial charge >= 0.3 is 0 Å². The average molecular weight is 275 g/mol. The van der Waals surface area contributed by atoms with E-state index in [1.54, 1.807) is 4.31 Å². The van der Waals surface area contributed by atoms with Crippen LogP contribution in [-0.4, -0.2) is 69.2 Å². The van der Waals surface area contributed by atoms with Crippen LogP contribution in [0.25, 0.3) is 0 Å². The molecule has 5 nitrogen and oxygen atoms in total. The van der Waals surface area contributed by atoms with Gasteiger partial charge in [-0.2, -0.15) is 4.31 Å². The first kappa shape index (κ1) is 14.2. The number of nitrogens with zero attached hydrogens (tertiary/aromatic N) is 2. The number of nitrogens with one attached hydrogen (secondary N) is 1. The molecule has 0 bridgehead atoms. The first-order valence-corrected chi connectivity index (χ1v) is 8.82. The first-order valence-electron chi connectivity index (χ1n) is 6.97. The third kappa shape index (κ3) is 3.91. The van der Waals surface area contributed by atoms with Crippen LogP contribution >= 0.6 is 0 Å². The van der Waals surface area contributed by atoms with Crippen LogP contribution in [0, 0.1) is 0 Å². The largest absolute Gasteiger partial charge is 0.314 e. The van der Waals surface area contributed by atoms with Crippen LogP contribution in [0.3, 0.4) is 0 Å². The van der Waals surface area contributed by atoms with Crippen molar-refractivity contribution in [3.05, 3.63) is 0 Å². The fraction of sp³-hybridized carbons (Fsp3) is 1.00. The highest BCUT2D eigenvalue weighted by molar-refractivity contribution is 7.88. The molecule has 0 aromatic heterocycles. The second-order valence-corrected chi connectivity index (χ2v) is 7.34. The fourth-order valence-corrected chi connectivity index (χ4v) is 4.18. The zero-order valence-corrected chi connectivity index (χ0v) is 12.1. The molecule has 0 amide bonds. The number of piperidine rings is 1. The third-order valence-corrected chi connectivity index (χ3v) is 5.32. The Labute approximate surface area is 111 Å². The topological polar surface area (TPSA) is 52.7 Å². The number of sulfonamides is 1. The summed E-state index contributed by atoms with van der Waals surface area (Å²) >= 11 is 0. The van der Waals surface area contributed by atoms with E-state index < -0.39 is 10.0 Å². The highest BCUT2D eigenvalue weighted by Gasteiger charge is 2.29. The van der Waals surface area contributed by atoms with Gasteiger partial charge in [0.1, 0.15) is 0 Å². The van der Waals surface area contributed by atoms with Crippen LogP contribution in [-0.2, 0) is 10.0 Å². The van der Waals surface area contributed by atoms with E-state index in [-0.39, 0.29) is 6.04 Å². The van der Waals surface area contributed by atoms with Gasteiger partial charge in [-0.3, -0.25) is 0 Å². The standard InChI is InChI=1S/C12H25N3O2S/c1-18(16,17)15-8-3-2-4-12(15)5-9-14-10-6-13-7-11-14/h12-13H,2-11H2,1H3. The zero-order valence-electron chi connectivity index (χ0n) is 11.3. The van der Waals surface area contributed by atoms with Crippen LogP contribution in [0.1, 0.15) is 25.7 Å². The van der Waals surface area contributed by atoms with Gasteiger partial charge < -0.3 is 10.2 Å². The van der Waals surface area contributed by atoms with Crippen molar-refractivity contribution in [2.24, 2.45) is 0 Å². The van der Waals surface area contributed by atoms with Crippen LogP contribution in [0.2, 0.25) is 0 Å². The molecule has 1 N–H and O–H groups in total. The minimum Gasteiger partial charge on any atom is -0.314 e. The van der Waals surface area contributed by atoms with Gasteiger partial charge in [0.15, 0.2) is 0 Å². The normalized spacial score (nSPS) is 28.4. The molecule has 2 saturated heterocycles. The van der Waals surface area contributed by atoms with Crippen molar-refractivity contribution in [3.63, 3.8) is 0 Å². The SMILES string of the molecule is CS(=O)(=O)N1CCCCC1CCN1CCNCC1. The Balaban J connectivity index is 1.85. The van der Waals surface area contributed by atoms with Gasteiger partial charge in [-0.05, 0) is 25.8 Å². The van der Waals surface area contributed by atoms with Gasteiger partial charge in [0.05, 0.1) is 6.26 Å². The van der Waals surface area contributed by atoms with Gasteiger partial charge in [-0.15, -0.1) is 0 Å². The monoisotopic (exact) mass is 275 g/mol. The zero-order chi connectivity index (χ0) is 13.0. The highest BCUT2D eigenvalue weighted by atomic mass is 32.2. The first-order chi connectivity index (χ1) is 8.57. The maximum atomic E-state index is 11.8. The van der Waals surface area contributed by atoms with Crippen molar-refractivity contribution in [3.8, 4) is 0 Å². The number of hydrogen-bond acceptors (Lipinski definition) is 4. The Bertz CT molecular complexity index is 352. The van der Waals surface area contributed by atoms with E-state index in [0.717, 1.165) is 58.4 Å². The molecule has 1 unspecified atom stereocenters. The molecule has 0 spiro atoms. The maximum absolute atomic E-state index is 11.8. The molecule has 0 aromatic rings. The molecule has 0 aliphatic carbocycles. The van der Waals surface area contributed by atoms with E-state index in [1.807, 2.05) is 0 Å². The summed E-state index contributed by atoms with van der Waals surface area (Å²) in [6.07, 6.45) is 5.53. The molecule has 106 valence electrons. The summed E-state index contributed by atoms with van der Waals surface area (Å²) in [5.74, 6) is 0. The van der Waals surface area contributed by atoms with E-state index in [2.05, 4.69) is 10.2 Å². The Morgan fingerprint density at radius 3 is 2.56 bits per heavy atom. The maximum Gasteiger partial charge on any atom is 0.211 e. The number of rotatable bonds is 4. The molecule has 6 heteroatoms. The number of piperazine rings is 1. The van der Waals surface area contributed by atoms with Crippen LogP contribution in [0.15, 0.2) is 0 Å². The van der Waals surface area contributed by atoms with Gasteiger partial charge in [0.25, 0.3) is 0 Å². The van der Waals surface area contributed by atoms with E-state index >= 15 is 0 Å². The lowest BCUT2D eigenvalue weighted by Crippen LogP contribution is -2.47. The second kappa shape index (κ2) is 6.32. The minimum atomic E-state index is -3.03. The van der Waals surface area contributed by atoms with E-state index in [0.29, 0.717) is 6.54 Å². The summed E-state index contributed by atoms with van der Waals surface area (Å²) in [6.45, 7) is 6.03. The van der Waals surface area contributed by atoms with Gasteiger partial charge in [-0.1, -0.05) is 6.42 Å². The molecular formula is C12H25N3O2S. The van der Waals surface area contributed by atoms with Crippen molar-refractivity contribution in [2.45, 2.75) is 31.7 Å². The molecule has 2 aliphatic heterocycles. The summed E-state index contributed by atoms with van der Waals surface area (Å²) in [6, 6.07) is 0.226. The lowest BCUT2D eigenvalue weighted by molar-refractivity contribution is 0.187. The smallest absolute Gasteiger partial charge is 0.211 e. The van der Waals surface area contributed by atoms with Crippen molar-refractivity contribution in [2.75, 3.05) is 45.5 Å². The second-order valence-electron chi connectivity index (χ2n) is 5.40. The molecule has 2 fully saturated rings. The summed E-state index contributed by atoms with van der Waals surface area (Å²) in [5.41, 5.74) is 0. The van der Waals surface area contributed by atoms with Crippen molar-refractivity contribution < 1.29 is 8.42 Å². The van der Waals surface area contributed by atoms with E-state index in [9.17, 15) is 8.42 Å². The average Bonchev–Trinajstić information content (AvgIpc) is 2.37. The van der Waals surface area contributed by atoms with Gasteiger partial charge in [-0.25, -0.2) is 8.42 Å². The fourth-order valence-electron chi connectivity index (χ4n) is 2.97.